The van der Waals surface area contributed by atoms with Gasteiger partial charge in [-0.1, -0.05) is 50.3 Å². The minimum Gasteiger partial charge on any atom is -0.321 e. The van der Waals surface area contributed by atoms with Gasteiger partial charge in [0.1, 0.15) is 5.78 Å². The average Bonchev–Trinajstić information content (AvgIpc) is 2.72. The van der Waals surface area contributed by atoms with E-state index in [1.54, 1.807) is 0 Å². The van der Waals surface area contributed by atoms with E-state index in [-0.39, 0.29) is 44.5 Å². The van der Waals surface area contributed by atoms with E-state index >= 15 is 0 Å². The van der Waals surface area contributed by atoms with E-state index in [2.05, 4.69) is 12.2 Å². The fourth-order valence-electron chi connectivity index (χ4n) is 5.47. The second-order valence-corrected chi connectivity index (χ2v) is 9.55. The number of nitrogens with one attached hydrogen (secondary N) is 1. The van der Waals surface area contributed by atoms with E-state index in [1.165, 1.54) is 32.1 Å². The number of rotatable bonds is 7. The van der Waals surface area contributed by atoms with Crippen molar-refractivity contribution in [1.29, 1.82) is 0 Å². The number of anilines is 1. The van der Waals surface area contributed by atoms with Gasteiger partial charge in [-0.2, -0.15) is 0 Å². The smallest absolute Gasteiger partial charge is 0.279 e. The molecule has 1 amide bonds. The molecule has 1 aliphatic carbocycles. The van der Waals surface area contributed by atoms with Crippen LogP contribution in [-0.4, -0.2) is 42.4 Å². The average molecular weight is 489 g/mol. The molecule has 1 aromatic carbocycles. The summed E-state index contributed by atoms with van der Waals surface area (Å²) in [5, 5.41) is 3.16. The van der Waals surface area contributed by atoms with Crippen molar-refractivity contribution >= 4 is 17.4 Å². The van der Waals surface area contributed by atoms with E-state index in [0.717, 1.165) is 60.2 Å². The molecule has 4 nitrogen and oxygen atoms in total. The maximum atomic E-state index is 13.0. The number of hydrogen-bond acceptors (Lipinski definition) is 2. The third-order valence-electron chi connectivity index (χ3n) is 7.36. The number of ketones is 1. The minimum absolute atomic E-state index is 0. The third kappa shape index (κ3) is 6.71. The van der Waals surface area contributed by atoms with Gasteiger partial charge in [0.05, 0.1) is 25.6 Å². The summed E-state index contributed by atoms with van der Waals surface area (Å²) in [5.74, 6) is 1.28. The predicted octanol–water partition coefficient (Wildman–Crippen LogP) is 5.03. The van der Waals surface area contributed by atoms with E-state index in [1.807, 2.05) is 32.0 Å². The predicted molar refractivity (Wildman–Crippen MR) is 119 cm³/mol. The Bertz CT molecular complexity index is 710. The summed E-state index contributed by atoms with van der Waals surface area (Å²) in [6, 6.07) is 6.09. The molecule has 1 heterocycles. The van der Waals surface area contributed by atoms with Crippen molar-refractivity contribution in [3.8, 4) is 0 Å². The van der Waals surface area contributed by atoms with Crippen LogP contribution >= 0.6 is 0 Å². The number of piperidine rings is 1. The number of aryl methyl sites for hydroxylation is 2. The van der Waals surface area contributed by atoms with Gasteiger partial charge in [0.15, 0.2) is 6.54 Å². The van der Waals surface area contributed by atoms with Gasteiger partial charge in [-0.15, -0.1) is 0 Å². The molecule has 1 aliphatic heterocycles. The van der Waals surface area contributed by atoms with Gasteiger partial charge in [-0.3, -0.25) is 9.59 Å². The van der Waals surface area contributed by atoms with Gasteiger partial charge in [-0.25, -0.2) is 0 Å². The number of nitrogens with zero attached hydrogens (tertiary/aromatic N) is 1. The standard InChI is InChI=1S/C25H38N2O2.Y/c1-4-27(18-24(29)26-25-19(2)10-8-11-20(25)3)15-9-14-22(17-27)23(28)16-21-12-6-5-7-13-21;/h8,10-11,21-22H,4-7,9,12-18H2,1-3H3;/p+1. The molecule has 2 fully saturated rings. The first-order valence-electron chi connectivity index (χ1n) is 11.7. The summed E-state index contributed by atoms with van der Waals surface area (Å²) in [6.45, 7) is 9.46. The zero-order chi connectivity index (χ0) is 20.9. The number of quaternary nitrogens is 1. The van der Waals surface area contributed by atoms with Gasteiger partial charge in [-0.05, 0) is 50.7 Å². The summed E-state index contributed by atoms with van der Waals surface area (Å²) in [5.41, 5.74) is 3.13. The molecule has 1 aromatic rings. The zero-order valence-corrected chi connectivity index (χ0v) is 22.1. The van der Waals surface area contributed by atoms with E-state index < -0.39 is 0 Å². The number of likely N-dealkylation sites (tertiary alicyclic amines) is 1. The van der Waals surface area contributed by atoms with Gasteiger partial charge < -0.3 is 9.80 Å². The molecular weight excluding hydrogens is 449 g/mol. The Morgan fingerprint density at radius 2 is 1.70 bits per heavy atom. The second-order valence-electron chi connectivity index (χ2n) is 9.55. The molecular formula is C25H39N2O2Y+. The van der Waals surface area contributed by atoms with Gasteiger partial charge in [0, 0.05) is 44.8 Å². The van der Waals surface area contributed by atoms with Crippen molar-refractivity contribution in [2.45, 2.75) is 72.1 Å². The van der Waals surface area contributed by atoms with Gasteiger partial charge in [0.25, 0.3) is 5.91 Å². The molecule has 5 heteroatoms. The van der Waals surface area contributed by atoms with Crippen LogP contribution in [0.5, 0.6) is 0 Å². The summed E-state index contributed by atoms with van der Waals surface area (Å²) in [7, 11) is 0. The summed E-state index contributed by atoms with van der Waals surface area (Å²) >= 11 is 0. The molecule has 30 heavy (non-hydrogen) atoms. The van der Waals surface area contributed by atoms with Crippen LogP contribution in [0, 0.1) is 25.7 Å². The number of amides is 1. The molecule has 2 unspecified atom stereocenters. The number of carbonyl (C=O) groups is 2. The Morgan fingerprint density at radius 3 is 2.33 bits per heavy atom. The molecule has 2 aliphatic rings. The normalized spacial score (nSPS) is 24.7. The molecule has 2 atom stereocenters. The molecule has 163 valence electrons. The van der Waals surface area contributed by atoms with E-state index in [9.17, 15) is 9.59 Å². The zero-order valence-electron chi connectivity index (χ0n) is 19.2. The molecule has 1 N–H and O–H groups in total. The number of Topliss-reactive ketones (excluding diaryl/α,β-unsaturated/α-hetero) is 1. The molecule has 0 spiro atoms. The maximum absolute atomic E-state index is 13.0. The Labute approximate surface area is 208 Å². The van der Waals surface area contributed by atoms with Crippen molar-refractivity contribution < 1.29 is 46.8 Å². The molecule has 0 bridgehead atoms. The molecule has 0 aromatic heterocycles. The Morgan fingerprint density at radius 1 is 1.03 bits per heavy atom. The number of para-hydroxylation sites is 1. The van der Waals surface area contributed by atoms with Crippen LogP contribution in [0.15, 0.2) is 18.2 Å². The van der Waals surface area contributed by atoms with E-state index in [0.29, 0.717) is 18.2 Å². The largest absolute Gasteiger partial charge is 0.321 e. The fraction of sp³-hybridized carbons (Fsp3) is 0.680. The SMILES string of the molecule is CC[N+]1(CC(=O)Nc2c(C)cccc2C)CCCC(C(=O)CC2CCCCC2)C1.[Y]. The Hall–Kier alpha value is -0.576. The topological polar surface area (TPSA) is 46.2 Å². The Kier molecular flexibility index (Phi) is 10.2. The third-order valence-corrected chi connectivity index (χ3v) is 7.36. The number of hydrogen-bond donors (Lipinski definition) is 1. The first-order chi connectivity index (χ1) is 13.9. The van der Waals surface area contributed by atoms with Gasteiger partial charge >= 0.3 is 0 Å². The van der Waals surface area contributed by atoms with Crippen LogP contribution in [0.1, 0.15) is 69.4 Å². The first kappa shape index (κ1) is 25.7. The second kappa shape index (κ2) is 11.9. The minimum atomic E-state index is 0. The molecule has 3 rings (SSSR count). The van der Waals surface area contributed by atoms with Crippen molar-refractivity contribution in [3.05, 3.63) is 29.3 Å². The van der Waals surface area contributed by atoms with Crippen LogP contribution in [0.3, 0.4) is 0 Å². The van der Waals surface area contributed by atoms with E-state index in [4.69, 9.17) is 0 Å². The van der Waals surface area contributed by atoms with Crippen molar-refractivity contribution in [1.82, 2.24) is 0 Å². The van der Waals surface area contributed by atoms with Crippen LogP contribution < -0.4 is 5.32 Å². The van der Waals surface area contributed by atoms with Crippen molar-refractivity contribution in [2.75, 3.05) is 31.5 Å². The monoisotopic (exact) mass is 488 g/mol. The number of carbonyl (C=O) groups excluding carboxylic acids is 2. The summed E-state index contributed by atoms with van der Waals surface area (Å²) in [4.78, 5) is 26.0. The van der Waals surface area contributed by atoms with Crippen LogP contribution in [0.4, 0.5) is 5.69 Å². The maximum Gasteiger partial charge on any atom is 0.279 e. The fourth-order valence-corrected chi connectivity index (χ4v) is 5.47. The van der Waals surface area contributed by atoms with Crippen molar-refractivity contribution in [2.24, 2.45) is 11.8 Å². The van der Waals surface area contributed by atoms with Crippen LogP contribution in [0.2, 0.25) is 0 Å². The summed E-state index contributed by atoms with van der Waals surface area (Å²) in [6.07, 6.45) is 9.18. The quantitative estimate of drug-likeness (QED) is 0.548. The van der Waals surface area contributed by atoms with Gasteiger partial charge in [0.2, 0.25) is 0 Å². The van der Waals surface area contributed by atoms with Crippen LogP contribution in [-0.2, 0) is 42.3 Å². The Balaban J connectivity index is 0.00000320. The first-order valence-corrected chi connectivity index (χ1v) is 11.7. The van der Waals surface area contributed by atoms with Crippen molar-refractivity contribution in [3.63, 3.8) is 0 Å². The number of likely N-dealkylation sites (N-methyl/N-ethyl adjacent to an activating group) is 1. The molecule has 1 radical (unpaired) electrons. The van der Waals surface area contributed by atoms with Crippen LogP contribution in [0.25, 0.3) is 0 Å². The number of benzene rings is 1. The summed E-state index contributed by atoms with van der Waals surface area (Å²) < 4.78 is 0.748. The molecule has 1 saturated carbocycles. The molecule has 1 saturated heterocycles.